The molecule has 0 saturated heterocycles. The maximum Gasteiger partial charge on any atom is 0.239 e. The van der Waals surface area contributed by atoms with Gasteiger partial charge in [-0.2, -0.15) is 0 Å². The van der Waals surface area contributed by atoms with Crippen molar-refractivity contribution >= 4 is 5.91 Å². The van der Waals surface area contributed by atoms with Gasteiger partial charge >= 0.3 is 0 Å². The number of hydrogen-bond donors (Lipinski definition) is 1. The Bertz CT molecular complexity index is 165. The maximum absolute atomic E-state index is 11.6. The second-order valence-electron chi connectivity index (χ2n) is 3.85. The van der Waals surface area contributed by atoms with Crippen molar-refractivity contribution in [2.24, 2.45) is 11.7 Å². The second kappa shape index (κ2) is 6.82. The number of amides is 1. The number of carbonyl (C=O) groups excluding carboxylic acids is 1. The summed E-state index contributed by atoms with van der Waals surface area (Å²) in [5.74, 6) is 0.678. The van der Waals surface area contributed by atoms with E-state index in [0.29, 0.717) is 5.92 Å². The zero-order valence-corrected chi connectivity index (χ0v) is 9.92. The quantitative estimate of drug-likeness (QED) is 0.708. The number of likely N-dealkylation sites (N-methyl/N-ethyl adjacent to an activating group) is 1. The Morgan fingerprint density at radius 3 is 2.07 bits per heavy atom. The highest BCUT2D eigenvalue weighted by Crippen LogP contribution is 2.10. The number of hydrogen-bond acceptors (Lipinski definition) is 2. The Morgan fingerprint density at radius 1 is 1.29 bits per heavy atom. The molecule has 1 amide bonds. The minimum absolute atomic E-state index is 0.0689. The van der Waals surface area contributed by atoms with Crippen LogP contribution in [0.3, 0.4) is 0 Å². The average Bonchev–Trinajstić information content (AvgIpc) is 2.19. The van der Waals surface area contributed by atoms with Crippen LogP contribution < -0.4 is 5.73 Å². The lowest BCUT2D eigenvalue weighted by molar-refractivity contribution is -0.132. The van der Waals surface area contributed by atoms with Gasteiger partial charge in [0.2, 0.25) is 5.91 Å². The topological polar surface area (TPSA) is 46.3 Å². The fourth-order valence-electron chi connectivity index (χ4n) is 1.52. The smallest absolute Gasteiger partial charge is 0.239 e. The molecule has 3 heteroatoms. The SMILES string of the molecule is CCC(CC)CN(CC)C(=O)[C@@H](C)N. The molecule has 0 spiro atoms. The van der Waals surface area contributed by atoms with E-state index < -0.39 is 0 Å². The van der Waals surface area contributed by atoms with Crippen LogP contribution in [-0.4, -0.2) is 29.9 Å². The molecule has 0 aliphatic rings. The molecule has 0 aromatic rings. The third-order valence-electron chi connectivity index (χ3n) is 2.72. The largest absolute Gasteiger partial charge is 0.341 e. The number of carbonyl (C=O) groups is 1. The van der Waals surface area contributed by atoms with Crippen molar-refractivity contribution in [1.29, 1.82) is 0 Å². The van der Waals surface area contributed by atoms with Gasteiger partial charge in [0.1, 0.15) is 0 Å². The Hall–Kier alpha value is -0.570. The summed E-state index contributed by atoms with van der Waals surface area (Å²) in [4.78, 5) is 13.5. The first-order chi connectivity index (χ1) is 6.56. The van der Waals surface area contributed by atoms with Gasteiger partial charge in [-0.1, -0.05) is 26.7 Å². The van der Waals surface area contributed by atoms with Gasteiger partial charge in [-0.25, -0.2) is 0 Å². The van der Waals surface area contributed by atoms with Gasteiger partial charge in [0.05, 0.1) is 6.04 Å². The predicted octanol–water partition coefficient (Wildman–Crippen LogP) is 1.62. The molecule has 0 fully saturated rings. The van der Waals surface area contributed by atoms with Crippen molar-refractivity contribution in [2.45, 2.75) is 46.6 Å². The fraction of sp³-hybridized carbons (Fsp3) is 0.909. The van der Waals surface area contributed by atoms with Crippen LogP contribution >= 0.6 is 0 Å². The lowest BCUT2D eigenvalue weighted by Gasteiger charge is -2.26. The van der Waals surface area contributed by atoms with Crippen molar-refractivity contribution < 1.29 is 4.79 Å². The molecule has 0 aliphatic carbocycles. The van der Waals surface area contributed by atoms with Crippen LogP contribution in [-0.2, 0) is 4.79 Å². The normalized spacial score (nSPS) is 13.0. The summed E-state index contributed by atoms with van der Waals surface area (Å²) in [7, 11) is 0. The minimum atomic E-state index is -0.371. The maximum atomic E-state index is 11.6. The van der Waals surface area contributed by atoms with E-state index in [-0.39, 0.29) is 11.9 Å². The van der Waals surface area contributed by atoms with Crippen molar-refractivity contribution in [2.75, 3.05) is 13.1 Å². The predicted molar refractivity (Wildman–Crippen MR) is 60.0 cm³/mol. The molecule has 0 heterocycles. The highest BCUT2D eigenvalue weighted by atomic mass is 16.2. The number of nitrogens with zero attached hydrogens (tertiary/aromatic N) is 1. The molecule has 0 rings (SSSR count). The van der Waals surface area contributed by atoms with Crippen molar-refractivity contribution in [3.63, 3.8) is 0 Å². The molecule has 2 N–H and O–H groups in total. The fourth-order valence-corrected chi connectivity index (χ4v) is 1.52. The molecule has 14 heavy (non-hydrogen) atoms. The van der Waals surface area contributed by atoms with Crippen LogP contribution in [0.25, 0.3) is 0 Å². The first-order valence-electron chi connectivity index (χ1n) is 5.61. The molecular formula is C11H24N2O. The highest BCUT2D eigenvalue weighted by Gasteiger charge is 2.18. The zero-order valence-electron chi connectivity index (χ0n) is 9.92. The van der Waals surface area contributed by atoms with Gasteiger partial charge in [0.15, 0.2) is 0 Å². The summed E-state index contributed by atoms with van der Waals surface area (Å²) in [5.41, 5.74) is 5.58. The van der Waals surface area contributed by atoms with Gasteiger partial charge in [-0.05, 0) is 19.8 Å². The molecule has 84 valence electrons. The molecule has 0 saturated carbocycles. The van der Waals surface area contributed by atoms with Gasteiger partial charge in [-0.3, -0.25) is 4.79 Å². The zero-order chi connectivity index (χ0) is 11.1. The van der Waals surface area contributed by atoms with E-state index in [1.807, 2.05) is 11.8 Å². The second-order valence-corrected chi connectivity index (χ2v) is 3.85. The summed E-state index contributed by atoms with van der Waals surface area (Å²) in [6, 6.07) is -0.371. The monoisotopic (exact) mass is 200 g/mol. The summed E-state index contributed by atoms with van der Waals surface area (Å²) < 4.78 is 0. The molecule has 0 aliphatic heterocycles. The lowest BCUT2D eigenvalue weighted by atomic mass is 10.0. The van der Waals surface area contributed by atoms with Gasteiger partial charge < -0.3 is 10.6 Å². The van der Waals surface area contributed by atoms with E-state index in [1.54, 1.807) is 6.92 Å². The molecule has 0 unspecified atom stereocenters. The van der Waals surface area contributed by atoms with Crippen LogP contribution in [0.4, 0.5) is 0 Å². The molecule has 0 aromatic heterocycles. The molecule has 3 nitrogen and oxygen atoms in total. The number of rotatable bonds is 6. The molecular weight excluding hydrogens is 176 g/mol. The Labute approximate surface area is 87.6 Å². The third-order valence-corrected chi connectivity index (χ3v) is 2.72. The van der Waals surface area contributed by atoms with Crippen molar-refractivity contribution in [1.82, 2.24) is 4.90 Å². The summed E-state index contributed by atoms with van der Waals surface area (Å²) >= 11 is 0. The van der Waals surface area contributed by atoms with Crippen LogP contribution in [0, 0.1) is 5.92 Å². The van der Waals surface area contributed by atoms with E-state index in [0.717, 1.165) is 25.9 Å². The molecule has 0 bridgehead atoms. The van der Waals surface area contributed by atoms with E-state index in [4.69, 9.17) is 5.73 Å². The van der Waals surface area contributed by atoms with E-state index >= 15 is 0 Å². The molecule has 0 aromatic carbocycles. The Balaban J connectivity index is 4.20. The summed E-state index contributed by atoms with van der Waals surface area (Å²) in [6.07, 6.45) is 2.25. The molecule has 1 atom stereocenters. The first kappa shape index (κ1) is 13.4. The highest BCUT2D eigenvalue weighted by molar-refractivity contribution is 5.81. The van der Waals surface area contributed by atoms with Gasteiger partial charge in [-0.15, -0.1) is 0 Å². The minimum Gasteiger partial charge on any atom is -0.341 e. The average molecular weight is 200 g/mol. The third kappa shape index (κ3) is 4.09. The summed E-state index contributed by atoms with van der Waals surface area (Å²) in [6.45, 7) is 9.69. The Kier molecular flexibility index (Phi) is 6.54. The first-order valence-corrected chi connectivity index (χ1v) is 5.61. The molecule has 0 radical (unpaired) electrons. The summed E-state index contributed by atoms with van der Waals surface area (Å²) in [5, 5.41) is 0. The standard InChI is InChI=1S/C11H24N2O/c1-5-10(6-2)8-13(7-3)11(14)9(4)12/h9-10H,5-8,12H2,1-4H3/t9-/m1/s1. The van der Waals surface area contributed by atoms with Crippen LogP contribution in [0.5, 0.6) is 0 Å². The van der Waals surface area contributed by atoms with Crippen LogP contribution in [0.2, 0.25) is 0 Å². The van der Waals surface area contributed by atoms with Gasteiger partial charge in [0, 0.05) is 13.1 Å². The van der Waals surface area contributed by atoms with E-state index in [2.05, 4.69) is 13.8 Å². The lowest BCUT2D eigenvalue weighted by Crippen LogP contribution is -2.44. The van der Waals surface area contributed by atoms with Crippen LogP contribution in [0.15, 0.2) is 0 Å². The number of nitrogens with two attached hydrogens (primary N) is 1. The van der Waals surface area contributed by atoms with Crippen molar-refractivity contribution in [3.05, 3.63) is 0 Å². The van der Waals surface area contributed by atoms with Crippen molar-refractivity contribution in [3.8, 4) is 0 Å². The Morgan fingerprint density at radius 2 is 1.79 bits per heavy atom. The van der Waals surface area contributed by atoms with Gasteiger partial charge in [0.25, 0.3) is 0 Å². The van der Waals surface area contributed by atoms with E-state index in [1.165, 1.54) is 0 Å². The van der Waals surface area contributed by atoms with E-state index in [9.17, 15) is 4.79 Å². The van der Waals surface area contributed by atoms with Crippen LogP contribution in [0.1, 0.15) is 40.5 Å².